The Morgan fingerprint density at radius 1 is 1.47 bits per heavy atom. The van der Waals surface area contributed by atoms with Crippen LogP contribution in [0.15, 0.2) is 24.4 Å². The Bertz CT molecular complexity index is 508. The van der Waals surface area contributed by atoms with Crippen LogP contribution >= 0.6 is 11.5 Å². The molecule has 4 nitrogen and oxygen atoms in total. The van der Waals surface area contributed by atoms with E-state index in [1.807, 2.05) is 13.0 Å². The molecular weight excluding hydrogens is 212 g/mol. The highest BCUT2D eigenvalue weighted by atomic mass is 32.1. The van der Waals surface area contributed by atoms with Gasteiger partial charge in [0, 0.05) is 6.20 Å². The van der Waals surface area contributed by atoms with Crippen molar-refractivity contribution in [1.29, 1.82) is 0 Å². The molecule has 2 heterocycles. The number of aromatic carboxylic acids is 1. The SMILES string of the molecule is Cc1cc(-c2ccnc(C(=O)O)c2)sn1. The summed E-state index contributed by atoms with van der Waals surface area (Å²) >= 11 is 1.35. The van der Waals surface area contributed by atoms with E-state index in [0.29, 0.717) is 0 Å². The van der Waals surface area contributed by atoms with Crippen molar-refractivity contribution < 1.29 is 9.90 Å². The second kappa shape index (κ2) is 3.78. The van der Waals surface area contributed by atoms with Crippen molar-refractivity contribution in [3.63, 3.8) is 0 Å². The molecule has 5 heteroatoms. The van der Waals surface area contributed by atoms with Crippen LogP contribution in [0.3, 0.4) is 0 Å². The van der Waals surface area contributed by atoms with Crippen LogP contribution in [0.25, 0.3) is 10.4 Å². The van der Waals surface area contributed by atoms with Crippen LogP contribution in [0, 0.1) is 6.92 Å². The Morgan fingerprint density at radius 2 is 2.27 bits per heavy atom. The van der Waals surface area contributed by atoms with Gasteiger partial charge < -0.3 is 5.11 Å². The van der Waals surface area contributed by atoms with E-state index in [2.05, 4.69) is 9.36 Å². The maximum absolute atomic E-state index is 10.7. The summed E-state index contributed by atoms with van der Waals surface area (Å²) in [6.45, 7) is 1.90. The molecule has 0 aliphatic heterocycles. The Kier molecular flexibility index (Phi) is 2.47. The van der Waals surface area contributed by atoms with Crippen molar-refractivity contribution in [2.75, 3.05) is 0 Å². The first-order valence-corrected chi connectivity index (χ1v) is 5.07. The molecule has 2 aromatic heterocycles. The van der Waals surface area contributed by atoms with E-state index in [1.54, 1.807) is 12.1 Å². The van der Waals surface area contributed by atoms with Crippen LogP contribution in [0.5, 0.6) is 0 Å². The Balaban J connectivity index is 2.45. The minimum Gasteiger partial charge on any atom is -0.477 e. The first-order chi connectivity index (χ1) is 7.16. The third-order valence-corrected chi connectivity index (χ3v) is 2.82. The molecule has 0 unspecified atom stereocenters. The van der Waals surface area contributed by atoms with E-state index in [9.17, 15) is 4.79 Å². The molecule has 0 aliphatic rings. The summed E-state index contributed by atoms with van der Waals surface area (Å²) in [7, 11) is 0. The molecule has 0 aromatic carbocycles. The van der Waals surface area contributed by atoms with E-state index in [1.165, 1.54) is 17.7 Å². The van der Waals surface area contributed by atoms with Crippen LogP contribution in [-0.2, 0) is 0 Å². The zero-order chi connectivity index (χ0) is 10.8. The highest BCUT2D eigenvalue weighted by Gasteiger charge is 2.07. The number of nitrogens with zero attached hydrogens (tertiary/aromatic N) is 2. The number of carbonyl (C=O) groups is 1. The second-order valence-electron chi connectivity index (χ2n) is 3.07. The van der Waals surface area contributed by atoms with E-state index in [0.717, 1.165) is 16.1 Å². The number of hydrogen-bond acceptors (Lipinski definition) is 4. The maximum atomic E-state index is 10.7. The fraction of sp³-hybridized carbons (Fsp3) is 0.100. The van der Waals surface area contributed by atoms with Crippen molar-refractivity contribution >= 4 is 17.5 Å². The third kappa shape index (κ3) is 2.02. The van der Waals surface area contributed by atoms with Gasteiger partial charge in [-0.25, -0.2) is 9.78 Å². The van der Waals surface area contributed by atoms with Gasteiger partial charge in [-0.15, -0.1) is 0 Å². The van der Waals surface area contributed by atoms with Crippen LogP contribution in [-0.4, -0.2) is 20.4 Å². The van der Waals surface area contributed by atoms with Crippen LogP contribution < -0.4 is 0 Å². The summed E-state index contributed by atoms with van der Waals surface area (Å²) in [5, 5.41) is 8.79. The largest absolute Gasteiger partial charge is 0.477 e. The molecule has 0 fully saturated rings. The fourth-order valence-corrected chi connectivity index (χ4v) is 1.95. The minimum atomic E-state index is -1.02. The predicted molar refractivity (Wildman–Crippen MR) is 57.0 cm³/mol. The molecule has 0 aliphatic carbocycles. The van der Waals surface area contributed by atoms with Crippen molar-refractivity contribution in [2.24, 2.45) is 0 Å². The molecule has 15 heavy (non-hydrogen) atoms. The fourth-order valence-electron chi connectivity index (χ4n) is 1.20. The smallest absolute Gasteiger partial charge is 0.354 e. The van der Waals surface area contributed by atoms with Crippen LogP contribution in [0.4, 0.5) is 0 Å². The number of hydrogen-bond donors (Lipinski definition) is 1. The average Bonchev–Trinajstić information content (AvgIpc) is 2.65. The van der Waals surface area contributed by atoms with Gasteiger partial charge in [0.05, 0.1) is 10.6 Å². The number of carboxylic acid groups (broad SMARTS) is 1. The average molecular weight is 220 g/mol. The Morgan fingerprint density at radius 3 is 2.87 bits per heavy atom. The summed E-state index contributed by atoms with van der Waals surface area (Å²) in [4.78, 5) is 15.4. The van der Waals surface area contributed by atoms with Gasteiger partial charge in [-0.3, -0.25) is 0 Å². The molecule has 2 rings (SSSR count). The van der Waals surface area contributed by atoms with Gasteiger partial charge >= 0.3 is 5.97 Å². The number of aromatic nitrogens is 2. The first kappa shape index (κ1) is 9.79. The molecule has 0 bridgehead atoms. The summed E-state index contributed by atoms with van der Waals surface area (Å²) in [5.74, 6) is -1.02. The van der Waals surface area contributed by atoms with Gasteiger partial charge in [-0.2, -0.15) is 4.37 Å². The normalized spacial score (nSPS) is 10.2. The molecule has 1 N–H and O–H groups in total. The molecule has 0 atom stereocenters. The molecule has 0 amide bonds. The molecule has 76 valence electrons. The van der Waals surface area contributed by atoms with E-state index in [4.69, 9.17) is 5.11 Å². The van der Waals surface area contributed by atoms with E-state index >= 15 is 0 Å². The monoisotopic (exact) mass is 220 g/mol. The van der Waals surface area contributed by atoms with Crippen LogP contribution in [0.2, 0.25) is 0 Å². The van der Waals surface area contributed by atoms with Gasteiger partial charge in [0.2, 0.25) is 0 Å². The van der Waals surface area contributed by atoms with Crippen molar-refractivity contribution in [3.05, 3.63) is 35.8 Å². The standard InChI is InChI=1S/C10H8N2O2S/c1-6-4-9(15-12-6)7-2-3-11-8(5-7)10(13)14/h2-5H,1H3,(H,13,14). The molecule has 0 saturated heterocycles. The summed E-state index contributed by atoms with van der Waals surface area (Å²) in [6, 6.07) is 5.25. The topological polar surface area (TPSA) is 63.1 Å². The number of carboxylic acids is 1. The predicted octanol–water partition coefficient (Wildman–Crippen LogP) is 2.21. The molecule has 0 radical (unpaired) electrons. The highest BCUT2D eigenvalue weighted by molar-refractivity contribution is 7.09. The zero-order valence-corrected chi connectivity index (χ0v) is 8.78. The molecule has 0 saturated carbocycles. The number of aryl methyl sites for hydroxylation is 1. The third-order valence-electron chi connectivity index (χ3n) is 1.89. The minimum absolute atomic E-state index is 0.0542. The number of rotatable bonds is 2. The van der Waals surface area contributed by atoms with Crippen molar-refractivity contribution in [2.45, 2.75) is 6.92 Å². The van der Waals surface area contributed by atoms with Gasteiger partial charge in [0.15, 0.2) is 0 Å². The van der Waals surface area contributed by atoms with Gasteiger partial charge in [-0.05, 0) is 42.2 Å². The molecular formula is C10H8N2O2S. The lowest BCUT2D eigenvalue weighted by Gasteiger charge is -1.97. The number of pyridine rings is 1. The zero-order valence-electron chi connectivity index (χ0n) is 7.97. The van der Waals surface area contributed by atoms with Gasteiger partial charge in [0.25, 0.3) is 0 Å². The first-order valence-electron chi connectivity index (χ1n) is 4.30. The van der Waals surface area contributed by atoms with Crippen molar-refractivity contribution in [1.82, 2.24) is 9.36 Å². The van der Waals surface area contributed by atoms with Gasteiger partial charge in [0.1, 0.15) is 5.69 Å². The molecule has 0 spiro atoms. The van der Waals surface area contributed by atoms with Gasteiger partial charge in [-0.1, -0.05) is 0 Å². The lowest BCUT2D eigenvalue weighted by atomic mass is 10.2. The molecule has 2 aromatic rings. The lowest BCUT2D eigenvalue weighted by molar-refractivity contribution is 0.0690. The highest BCUT2D eigenvalue weighted by Crippen LogP contribution is 2.24. The summed E-state index contributed by atoms with van der Waals surface area (Å²) < 4.78 is 4.14. The summed E-state index contributed by atoms with van der Waals surface area (Å²) in [6.07, 6.45) is 1.49. The Hall–Kier alpha value is -1.75. The maximum Gasteiger partial charge on any atom is 0.354 e. The van der Waals surface area contributed by atoms with E-state index in [-0.39, 0.29) is 5.69 Å². The van der Waals surface area contributed by atoms with Crippen LogP contribution in [0.1, 0.15) is 16.2 Å². The van der Waals surface area contributed by atoms with Crippen molar-refractivity contribution in [3.8, 4) is 10.4 Å². The summed E-state index contributed by atoms with van der Waals surface area (Å²) in [5.41, 5.74) is 1.83. The van der Waals surface area contributed by atoms with E-state index < -0.39 is 5.97 Å². The quantitative estimate of drug-likeness (QED) is 0.842. The second-order valence-corrected chi connectivity index (χ2v) is 3.87. The Labute approximate surface area is 90.4 Å². The lowest BCUT2D eigenvalue weighted by Crippen LogP contribution is -1.99.